The molecule has 0 radical (unpaired) electrons. The lowest BCUT2D eigenvalue weighted by molar-refractivity contribution is 0.0730. The first-order valence-electron chi connectivity index (χ1n) is 9.54. The Hall–Kier alpha value is -0.800. The lowest BCUT2D eigenvalue weighted by Gasteiger charge is -2.26. The number of thioether (sulfide) groups is 1. The van der Waals surface area contributed by atoms with Crippen molar-refractivity contribution in [2.45, 2.75) is 35.4 Å². The van der Waals surface area contributed by atoms with Crippen LogP contribution in [0.2, 0.25) is 0 Å². The molecule has 1 aromatic rings. The molecule has 0 aromatic heterocycles. The Kier molecular flexibility index (Phi) is 7.44. The number of hydrogen-bond donors (Lipinski definition) is 0. The van der Waals surface area contributed by atoms with Gasteiger partial charge in [-0.3, -0.25) is 4.90 Å². The third kappa shape index (κ3) is 5.38. The Morgan fingerprint density at radius 3 is 2.56 bits per heavy atom. The van der Waals surface area contributed by atoms with Crippen LogP contribution in [0.15, 0.2) is 29.2 Å². The number of ether oxygens (including phenoxy) is 2. The normalized spacial score (nSPS) is 24.4. The number of likely N-dealkylation sites (N-methyl/N-ethyl adjacent to an activating group) is 1. The number of rotatable bonds is 8. The summed E-state index contributed by atoms with van der Waals surface area (Å²) >= 11 is 1.97. The number of sulfonamides is 1. The molecule has 27 heavy (non-hydrogen) atoms. The van der Waals surface area contributed by atoms with E-state index in [1.54, 1.807) is 24.3 Å². The van der Waals surface area contributed by atoms with E-state index in [4.69, 9.17) is 9.47 Å². The van der Waals surface area contributed by atoms with E-state index in [0.717, 1.165) is 11.8 Å². The first-order chi connectivity index (χ1) is 13.0. The number of hydrogen-bond acceptors (Lipinski definition) is 6. The van der Waals surface area contributed by atoms with Crippen LogP contribution >= 0.6 is 11.8 Å². The second kappa shape index (κ2) is 9.60. The highest BCUT2D eigenvalue weighted by Crippen LogP contribution is 2.30. The van der Waals surface area contributed by atoms with Crippen LogP contribution in [-0.4, -0.2) is 81.7 Å². The van der Waals surface area contributed by atoms with E-state index in [1.807, 2.05) is 11.8 Å². The molecule has 0 unspecified atom stereocenters. The summed E-state index contributed by atoms with van der Waals surface area (Å²) in [6.45, 7) is 3.20. The third-order valence-corrected chi connectivity index (χ3v) is 8.47. The molecule has 2 fully saturated rings. The zero-order valence-electron chi connectivity index (χ0n) is 16.2. The summed E-state index contributed by atoms with van der Waals surface area (Å²) in [4.78, 5) is 2.69. The number of morpholine rings is 1. The highest BCUT2D eigenvalue weighted by Gasteiger charge is 2.27. The van der Waals surface area contributed by atoms with E-state index >= 15 is 0 Å². The standard InChI is InChI=1S/C19H30N2O4S2/c1-20(16-3-6-18(15-16)26-2)9-14-25-17-4-7-19(8-5-17)27(22,23)21-10-12-24-13-11-21/h4-5,7-8,16,18H,3,6,9-15H2,1-2H3/t16-,18-/m0/s1. The number of benzene rings is 1. The van der Waals surface area contributed by atoms with Gasteiger partial charge in [-0.25, -0.2) is 8.42 Å². The second-order valence-electron chi connectivity index (χ2n) is 7.14. The Morgan fingerprint density at radius 2 is 1.93 bits per heavy atom. The molecule has 1 heterocycles. The molecule has 0 spiro atoms. The molecule has 152 valence electrons. The van der Waals surface area contributed by atoms with Crippen molar-refractivity contribution < 1.29 is 17.9 Å². The van der Waals surface area contributed by atoms with Crippen molar-refractivity contribution in [1.29, 1.82) is 0 Å². The van der Waals surface area contributed by atoms with Crippen molar-refractivity contribution in [2.75, 3.05) is 52.8 Å². The molecule has 1 aliphatic carbocycles. The van der Waals surface area contributed by atoms with E-state index in [-0.39, 0.29) is 0 Å². The van der Waals surface area contributed by atoms with Gasteiger partial charge in [0.15, 0.2) is 0 Å². The van der Waals surface area contributed by atoms with Crippen LogP contribution in [0.1, 0.15) is 19.3 Å². The minimum atomic E-state index is -3.44. The summed E-state index contributed by atoms with van der Waals surface area (Å²) < 4.78 is 37.8. The van der Waals surface area contributed by atoms with Gasteiger partial charge in [0.2, 0.25) is 10.0 Å². The van der Waals surface area contributed by atoms with Gasteiger partial charge in [-0.15, -0.1) is 0 Å². The van der Waals surface area contributed by atoms with Crippen molar-refractivity contribution in [1.82, 2.24) is 9.21 Å². The maximum absolute atomic E-state index is 12.6. The van der Waals surface area contributed by atoms with Gasteiger partial charge in [0.1, 0.15) is 12.4 Å². The lowest BCUT2D eigenvalue weighted by Crippen LogP contribution is -2.40. The Morgan fingerprint density at radius 1 is 1.22 bits per heavy atom. The van der Waals surface area contributed by atoms with Gasteiger partial charge in [0.25, 0.3) is 0 Å². The maximum atomic E-state index is 12.6. The highest BCUT2D eigenvalue weighted by molar-refractivity contribution is 7.99. The van der Waals surface area contributed by atoms with Gasteiger partial charge in [-0.2, -0.15) is 16.1 Å². The summed E-state index contributed by atoms with van der Waals surface area (Å²) in [6.07, 6.45) is 6.01. The third-order valence-electron chi connectivity index (χ3n) is 5.46. The molecular formula is C19H30N2O4S2. The molecule has 0 amide bonds. The van der Waals surface area contributed by atoms with Crippen LogP contribution in [0.5, 0.6) is 5.75 Å². The average Bonchev–Trinajstić information content (AvgIpc) is 3.18. The first-order valence-corrected chi connectivity index (χ1v) is 12.3. The molecule has 0 bridgehead atoms. The van der Waals surface area contributed by atoms with Crippen molar-refractivity contribution in [3.8, 4) is 5.75 Å². The summed E-state index contributed by atoms with van der Waals surface area (Å²) in [5.41, 5.74) is 0. The first kappa shape index (κ1) is 20.9. The van der Waals surface area contributed by atoms with E-state index in [9.17, 15) is 8.42 Å². The SMILES string of the molecule is CS[C@H]1CC[C@H](N(C)CCOc2ccc(S(=O)(=O)N3CCOCC3)cc2)C1. The van der Waals surface area contributed by atoms with Crippen LogP contribution in [0.4, 0.5) is 0 Å². The van der Waals surface area contributed by atoms with Gasteiger partial charge in [-0.05, 0) is 56.8 Å². The Bertz CT molecular complexity index is 690. The van der Waals surface area contributed by atoms with Crippen molar-refractivity contribution in [3.05, 3.63) is 24.3 Å². The van der Waals surface area contributed by atoms with E-state index in [0.29, 0.717) is 49.6 Å². The molecule has 2 atom stereocenters. The highest BCUT2D eigenvalue weighted by atomic mass is 32.2. The lowest BCUT2D eigenvalue weighted by atomic mass is 10.2. The fourth-order valence-electron chi connectivity index (χ4n) is 3.67. The second-order valence-corrected chi connectivity index (χ2v) is 10.2. The van der Waals surface area contributed by atoms with Gasteiger partial charge in [-0.1, -0.05) is 0 Å². The average molecular weight is 415 g/mol. The topological polar surface area (TPSA) is 59.1 Å². The van der Waals surface area contributed by atoms with Crippen LogP contribution in [0, 0.1) is 0 Å². The van der Waals surface area contributed by atoms with Crippen LogP contribution in [0.3, 0.4) is 0 Å². The molecule has 2 aliphatic rings. The minimum absolute atomic E-state index is 0.308. The summed E-state index contributed by atoms with van der Waals surface area (Å²) in [5.74, 6) is 0.706. The van der Waals surface area contributed by atoms with E-state index in [2.05, 4.69) is 18.2 Å². The number of nitrogens with zero attached hydrogens (tertiary/aromatic N) is 2. The fourth-order valence-corrected chi connectivity index (χ4v) is 5.86. The predicted octanol–water partition coefficient (Wildman–Crippen LogP) is 2.30. The smallest absolute Gasteiger partial charge is 0.243 e. The molecule has 1 aliphatic heterocycles. The predicted molar refractivity (Wildman–Crippen MR) is 109 cm³/mol. The van der Waals surface area contributed by atoms with Crippen molar-refractivity contribution >= 4 is 21.8 Å². The molecule has 3 rings (SSSR count). The molecule has 6 nitrogen and oxygen atoms in total. The van der Waals surface area contributed by atoms with Crippen molar-refractivity contribution in [3.63, 3.8) is 0 Å². The Balaban J connectivity index is 1.48. The fraction of sp³-hybridized carbons (Fsp3) is 0.684. The van der Waals surface area contributed by atoms with Crippen LogP contribution < -0.4 is 4.74 Å². The quantitative estimate of drug-likeness (QED) is 0.651. The zero-order chi connectivity index (χ0) is 19.3. The Labute approximate surface area is 167 Å². The molecule has 1 saturated carbocycles. The van der Waals surface area contributed by atoms with Crippen molar-refractivity contribution in [2.24, 2.45) is 0 Å². The van der Waals surface area contributed by atoms with Crippen LogP contribution in [-0.2, 0) is 14.8 Å². The van der Waals surface area contributed by atoms with Gasteiger partial charge in [0.05, 0.1) is 18.1 Å². The van der Waals surface area contributed by atoms with Gasteiger partial charge >= 0.3 is 0 Å². The molecule has 0 N–H and O–H groups in total. The molecule has 1 saturated heterocycles. The van der Waals surface area contributed by atoms with Crippen LogP contribution in [0.25, 0.3) is 0 Å². The zero-order valence-corrected chi connectivity index (χ0v) is 17.8. The monoisotopic (exact) mass is 414 g/mol. The molecular weight excluding hydrogens is 384 g/mol. The van der Waals surface area contributed by atoms with E-state index in [1.165, 1.54) is 23.6 Å². The maximum Gasteiger partial charge on any atom is 0.243 e. The largest absolute Gasteiger partial charge is 0.492 e. The minimum Gasteiger partial charge on any atom is -0.492 e. The van der Waals surface area contributed by atoms with Gasteiger partial charge in [0, 0.05) is 30.9 Å². The molecule has 8 heteroatoms. The summed E-state index contributed by atoms with van der Waals surface area (Å²) in [6, 6.07) is 7.39. The molecule has 1 aromatic carbocycles. The summed E-state index contributed by atoms with van der Waals surface area (Å²) in [5, 5.41) is 0.791. The van der Waals surface area contributed by atoms with E-state index < -0.39 is 10.0 Å². The summed E-state index contributed by atoms with van der Waals surface area (Å²) in [7, 11) is -1.28. The van der Waals surface area contributed by atoms with Gasteiger partial charge < -0.3 is 9.47 Å².